The van der Waals surface area contributed by atoms with Gasteiger partial charge in [-0.3, -0.25) is 0 Å². The van der Waals surface area contributed by atoms with E-state index in [9.17, 15) is 0 Å². The van der Waals surface area contributed by atoms with E-state index in [1.54, 1.807) is 0 Å². The molecule has 0 amide bonds. The number of hydrogen-bond acceptors (Lipinski definition) is 1. The summed E-state index contributed by atoms with van der Waals surface area (Å²) in [6, 6.07) is 10.6. The Kier molecular flexibility index (Phi) is 11.5. The Morgan fingerprint density at radius 1 is 0.850 bits per heavy atom. The molecular formula is C19H30S. The van der Waals surface area contributed by atoms with E-state index in [1.165, 1.54) is 62.7 Å². The average molecular weight is 291 g/mol. The van der Waals surface area contributed by atoms with Crippen molar-refractivity contribution in [2.75, 3.05) is 11.5 Å². The van der Waals surface area contributed by atoms with Crippen LogP contribution in [0.2, 0.25) is 0 Å². The van der Waals surface area contributed by atoms with E-state index in [0.29, 0.717) is 0 Å². The molecule has 20 heavy (non-hydrogen) atoms. The van der Waals surface area contributed by atoms with E-state index in [4.69, 9.17) is 0 Å². The van der Waals surface area contributed by atoms with E-state index in [-0.39, 0.29) is 0 Å². The van der Waals surface area contributed by atoms with E-state index in [0.717, 1.165) is 5.75 Å². The molecule has 0 fully saturated rings. The fourth-order valence-corrected chi connectivity index (χ4v) is 3.04. The molecule has 0 aromatic heterocycles. The van der Waals surface area contributed by atoms with Gasteiger partial charge in [0.05, 0.1) is 0 Å². The Morgan fingerprint density at radius 2 is 1.50 bits per heavy atom. The summed E-state index contributed by atoms with van der Waals surface area (Å²) in [6.07, 6.45) is 15.8. The van der Waals surface area contributed by atoms with E-state index < -0.39 is 0 Å². The summed E-state index contributed by atoms with van der Waals surface area (Å²) < 4.78 is 0. The Balaban J connectivity index is 1.84. The van der Waals surface area contributed by atoms with Gasteiger partial charge < -0.3 is 0 Å². The minimum atomic E-state index is 1.14. The third kappa shape index (κ3) is 10.1. The van der Waals surface area contributed by atoms with Crippen LogP contribution in [0.3, 0.4) is 0 Å². The van der Waals surface area contributed by atoms with Gasteiger partial charge in [0.2, 0.25) is 0 Å². The average Bonchev–Trinajstić information content (AvgIpc) is 2.49. The summed E-state index contributed by atoms with van der Waals surface area (Å²) >= 11 is 2.06. The van der Waals surface area contributed by atoms with E-state index in [2.05, 4.69) is 61.2 Å². The minimum absolute atomic E-state index is 1.14. The second kappa shape index (κ2) is 13.3. The number of benzene rings is 1. The first-order valence-electron chi connectivity index (χ1n) is 8.23. The minimum Gasteiger partial charge on any atom is -0.158 e. The van der Waals surface area contributed by atoms with Crippen LogP contribution in [0.15, 0.2) is 36.4 Å². The van der Waals surface area contributed by atoms with Crippen molar-refractivity contribution in [1.29, 1.82) is 0 Å². The lowest BCUT2D eigenvalue weighted by molar-refractivity contribution is 0.586. The van der Waals surface area contributed by atoms with Crippen molar-refractivity contribution in [3.63, 3.8) is 0 Å². The van der Waals surface area contributed by atoms with Crippen LogP contribution in [-0.4, -0.2) is 11.5 Å². The molecule has 0 nitrogen and oxygen atoms in total. The van der Waals surface area contributed by atoms with Crippen molar-refractivity contribution in [1.82, 2.24) is 0 Å². The Labute approximate surface area is 130 Å². The normalized spacial score (nSPS) is 11.2. The Bertz CT molecular complexity index is 329. The lowest BCUT2D eigenvalue weighted by Crippen LogP contribution is -1.84. The predicted molar refractivity (Wildman–Crippen MR) is 95.4 cm³/mol. The Morgan fingerprint density at radius 3 is 2.20 bits per heavy atom. The van der Waals surface area contributed by atoms with Crippen molar-refractivity contribution >= 4 is 17.8 Å². The molecule has 0 spiro atoms. The monoisotopic (exact) mass is 290 g/mol. The van der Waals surface area contributed by atoms with Crippen LogP contribution in [0.25, 0.3) is 6.08 Å². The van der Waals surface area contributed by atoms with Gasteiger partial charge in [-0.2, -0.15) is 11.8 Å². The van der Waals surface area contributed by atoms with Gasteiger partial charge >= 0.3 is 0 Å². The van der Waals surface area contributed by atoms with Gasteiger partial charge in [0, 0.05) is 5.75 Å². The highest BCUT2D eigenvalue weighted by molar-refractivity contribution is 7.99. The summed E-state index contributed by atoms with van der Waals surface area (Å²) in [4.78, 5) is 0. The maximum absolute atomic E-state index is 2.28. The van der Waals surface area contributed by atoms with Crippen LogP contribution < -0.4 is 0 Å². The predicted octanol–water partition coefficient (Wildman–Crippen LogP) is 6.57. The SMILES string of the molecule is CCCCCCCCCCSCC=Cc1ccccc1. The molecule has 1 aromatic carbocycles. The molecule has 0 unspecified atom stereocenters. The molecule has 1 rings (SSSR count). The molecule has 1 heteroatoms. The van der Waals surface area contributed by atoms with Gasteiger partial charge in [0.25, 0.3) is 0 Å². The van der Waals surface area contributed by atoms with Crippen molar-refractivity contribution in [2.24, 2.45) is 0 Å². The van der Waals surface area contributed by atoms with Gasteiger partial charge in [-0.25, -0.2) is 0 Å². The van der Waals surface area contributed by atoms with Crippen LogP contribution in [0.4, 0.5) is 0 Å². The molecule has 0 saturated heterocycles. The lowest BCUT2D eigenvalue weighted by Gasteiger charge is -2.01. The second-order valence-electron chi connectivity index (χ2n) is 5.36. The van der Waals surface area contributed by atoms with E-state index in [1.807, 2.05) is 0 Å². The standard InChI is InChI=1S/C19H30S/c1-2-3-4-5-6-7-8-12-17-20-18-13-16-19-14-10-9-11-15-19/h9-11,13-16H,2-8,12,17-18H2,1H3. The van der Waals surface area contributed by atoms with E-state index >= 15 is 0 Å². The molecular weight excluding hydrogens is 260 g/mol. The van der Waals surface area contributed by atoms with Crippen molar-refractivity contribution < 1.29 is 0 Å². The second-order valence-corrected chi connectivity index (χ2v) is 6.51. The number of hydrogen-bond donors (Lipinski definition) is 0. The molecule has 0 aliphatic carbocycles. The number of thioether (sulfide) groups is 1. The summed E-state index contributed by atoms with van der Waals surface area (Å²) in [5, 5.41) is 0. The fourth-order valence-electron chi connectivity index (χ4n) is 2.24. The highest BCUT2D eigenvalue weighted by Gasteiger charge is 1.92. The third-order valence-corrected chi connectivity index (χ3v) is 4.47. The van der Waals surface area contributed by atoms with Gasteiger partial charge in [-0.15, -0.1) is 0 Å². The van der Waals surface area contributed by atoms with Gasteiger partial charge in [0.1, 0.15) is 0 Å². The molecule has 0 radical (unpaired) electrons. The summed E-state index contributed by atoms with van der Waals surface area (Å²) in [7, 11) is 0. The topological polar surface area (TPSA) is 0 Å². The highest BCUT2D eigenvalue weighted by Crippen LogP contribution is 2.11. The molecule has 0 atom stereocenters. The molecule has 0 aliphatic heterocycles. The van der Waals surface area contributed by atoms with Gasteiger partial charge in [-0.05, 0) is 17.7 Å². The fraction of sp³-hybridized carbons (Fsp3) is 0.579. The molecule has 1 aromatic rings. The van der Waals surface area contributed by atoms with Crippen LogP contribution in [-0.2, 0) is 0 Å². The molecule has 112 valence electrons. The zero-order valence-corrected chi connectivity index (χ0v) is 13.8. The van der Waals surface area contributed by atoms with Crippen LogP contribution in [0, 0.1) is 0 Å². The molecule has 0 bridgehead atoms. The van der Waals surface area contributed by atoms with Crippen LogP contribution in [0.1, 0.15) is 63.9 Å². The molecule has 0 heterocycles. The van der Waals surface area contributed by atoms with Crippen LogP contribution in [0.5, 0.6) is 0 Å². The highest BCUT2D eigenvalue weighted by atomic mass is 32.2. The zero-order valence-electron chi connectivity index (χ0n) is 13.0. The summed E-state index contributed by atoms with van der Waals surface area (Å²) in [5.41, 5.74) is 1.31. The first kappa shape index (κ1) is 17.4. The molecule has 0 saturated carbocycles. The van der Waals surface area contributed by atoms with Crippen LogP contribution >= 0.6 is 11.8 Å². The third-order valence-electron chi connectivity index (χ3n) is 3.47. The maximum Gasteiger partial charge on any atom is 0.0116 e. The molecule has 0 aliphatic rings. The summed E-state index contributed by atoms with van der Waals surface area (Å²) in [5.74, 6) is 2.46. The smallest absolute Gasteiger partial charge is 0.0116 e. The first-order valence-corrected chi connectivity index (χ1v) is 9.38. The van der Waals surface area contributed by atoms with Gasteiger partial charge in [0.15, 0.2) is 0 Å². The largest absolute Gasteiger partial charge is 0.158 e. The lowest BCUT2D eigenvalue weighted by atomic mass is 10.1. The quantitative estimate of drug-likeness (QED) is 0.392. The first-order chi connectivity index (χ1) is 9.93. The van der Waals surface area contributed by atoms with Crippen molar-refractivity contribution in [3.05, 3.63) is 42.0 Å². The number of unbranched alkanes of at least 4 members (excludes halogenated alkanes) is 7. The Hall–Kier alpha value is -0.690. The zero-order chi connectivity index (χ0) is 14.3. The molecule has 0 N–H and O–H groups in total. The number of rotatable bonds is 12. The van der Waals surface area contributed by atoms with Gasteiger partial charge in [-0.1, -0.05) is 94.4 Å². The van der Waals surface area contributed by atoms with Crippen molar-refractivity contribution in [2.45, 2.75) is 58.3 Å². The van der Waals surface area contributed by atoms with Crippen molar-refractivity contribution in [3.8, 4) is 0 Å². The maximum atomic E-state index is 2.28. The summed E-state index contributed by atoms with van der Waals surface area (Å²) in [6.45, 7) is 2.28.